The van der Waals surface area contributed by atoms with Gasteiger partial charge in [0.15, 0.2) is 5.78 Å². The van der Waals surface area contributed by atoms with Crippen LogP contribution < -0.4 is 0 Å². The zero-order valence-corrected chi connectivity index (χ0v) is 9.59. The first-order chi connectivity index (χ1) is 7.33. The van der Waals surface area contributed by atoms with Crippen LogP contribution in [0, 0.1) is 5.92 Å². The van der Waals surface area contributed by atoms with Crippen LogP contribution in [-0.2, 0) is 4.79 Å². The van der Waals surface area contributed by atoms with Crippen LogP contribution in [0.1, 0.15) is 51.9 Å². The van der Waals surface area contributed by atoms with Crippen LogP contribution in [0.25, 0.3) is 0 Å². The number of rotatable bonds is 4. The number of hydrogen-bond acceptors (Lipinski definition) is 1. The highest BCUT2D eigenvalue weighted by molar-refractivity contribution is 6.01. The van der Waals surface area contributed by atoms with E-state index in [-0.39, 0.29) is 0 Å². The molecule has 0 heterocycles. The number of carbonyl (C=O) groups excluding carboxylic acids is 1. The molecule has 1 heteroatoms. The minimum Gasteiger partial charge on any atom is -0.294 e. The lowest BCUT2D eigenvalue weighted by Crippen LogP contribution is -1.96. The van der Waals surface area contributed by atoms with Crippen molar-refractivity contribution in [1.82, 2.24) is 0 Å². The first-order valence-corrected chi connectivity index (χ1v) is 6.25. The predicted octanol–water partition coefficient (Wildman–Crippen LogP) is 3.80. The summed E-state index contributed by atoms with van der Waals surface area (Å²) < 4.78 is 0. The summed E-state index contributed by atoms with van der Waals surface area (Å²) in [5.74, 6) is 1.01. The molecule has 0 aliphatic heterocycles. The highest BCUT2D eigenvalue weighted by atomic mass is 16.1. The Morgan fingerprint density at radius 3 is 3.13 bits per heavy atom. The van der Waals surface area contributed by atoms with Gasteiger partial charge in [0, 0.05) is 12.0 Å². The number of ketones is 1. The highest BCUT2D eigenvalue weighted by Gasteiger charge is 2.33. The van der Waals surface area contributed by atoms with E-state index >= 15 is 0 Å². The SMILES string of the molecule is CCCC/C=C/C1=C2CCCC2CC1=O. The lowest BCUT2D eigenvalue weighted by Gasteiger charge is -1.99. The topological polar surface area (TPSA) is 17.1 Å². The maximum Gasteiger partial charge on any atom is 0.163 e. The Morgan fingerprint density at radius 1 is 1.47 bits per heavy atom. The average Bonchev–Trinajstić information content (AvgIpc) is 2.75. The maximum absolute atomic E-state index is 11.7. The van der Waals surface area contributed by atoms with Gasteiger partial charge in [-0.25, -0.2) is 0 Å². The molecule has 2 aliphatic rings. The second-order valence-corrected chi connectivity index (χ2v) is 4.70. The standard InChI is InChI=1S/C14H20O/c1-2-3-4-5-8-13-12-9-6-7-11(12)10-14(13)15/h5,8,11H,2-4,6-7,9-10H2,1H3/b8-5+. The van der Waals surface area contributed by atoms with E-state index < -0.39 is 0 Å². The molecule has 1 saturated carbocycles. The summed E-state index contributed by atoms with van der Waals surface area (Å²) in [4.78, 5) is 11.7. The summed E-state index contributed by atoms with van der Waals surface area (Å²) in [7, 11) is 0. The van der Waals surface area contributed by atoms with Gasteiger partial charge in [-0.15, -0.1) is 0 Å². The number of unbranched alkanes of at least 4 members (excludes halogenated alkanes) is 2. The minimum absolute atomic E-state index is 0.391. The molecule has 1 fully saturated rings. The van der Waals surface area contributed by atoms with Gasteiger partial charge >= 0.3 is 0 Å². The van der Waals surface area contributed by atoms with Gasteiger partial charge in [0.25, 0.3) is 0 Å². The molecule has 0 N–H and O–H groups in total. The Bertz CT molecular complexity index is 309. The minimum atomic E-state index is 0.391. The van der Waals surface area contributed by atoms with Crippen molar-refractivity contribution >= 4 is 5.78 Å². The molecule has 0 aromatic carbocycles. The van der Waals surface area contributed by atoms with Crippen molar-refractivity contribution in [2.75, 3.05) is 0 Å². The van der Waals surface area contributed by atoms with Gasteiger partial charge in [-0.3, -0.25) is 4.79 Å². The van der Waals surface area contributed by atoms with Crippen molar-refractivity contribution in [3.05, 3.63) is 23.3 Å². The molecule has 2 rings (SSSR count). The number of carbonyl (C=O) groups is 1. The van der Waals surface area contributed by atoms with Crippen LogP contribution in [0.4, 0.5) is 0 Å². The molecule has 1 atom stereocenters. The van der Waals surface area contributed by atoms with Crippen molar-refractivity contribution in [3.63, 3.8) is 0 Å². The number of allylic oxidation sites excluding steroid dienone is 4. The summed E-state index contributed by atoms with van der Waals surface area (Å²) in [6, 6.07) is 0. The zero-order chi connectivity index (χ0) is 10.7. The normalized spacial score (nSPS) is 25.7. The van der Waals surface area contributed by atoms with Gasteiger partial charge in [-0.1, -0.05) is 37.5 Å². The summed E-state index contributed by atoms with van der Waals surface area (Å²) in [6.45, 7) is 2.20. The second-order valence-electron chi connectivity index (χ2n) is 4.70. The Hall–Kier alpha value is -0.850. The van der Waals surface area contributed by atoms with E-state index in [1.807, 2.05) is 0 Å². The monoisotopic (exact) mass is 204 g/mol. The van der Waals surface area contributed by atoms with Gasteiger partial charge in [0.1, 0.15) is 0 Å². The fourth-order valence-electron chi connectivity index (χ4n) is 2.73. The molecule has 0 aromatic rings. The van der Waals surface area contributed by atoms with Gasteiger partial charge in [0.05, 0.1) is 0 Å². The molecule has 0 bridgehead atoms. The molecule has 82 valence electrons. The molecule has 0 aromatic heterocycles. The fourth-order valence-corrected chi connectivity index (χ4v) is 2.73. The van der Waals surface area contributed by atoms with E-state index in [0.717, 1.165) is 18.4 Å². The molecule has 1 nitrogen and oxygen atoms in total. The summed E-state index contributed by atoms with van der Waals surface area (Å²) >= 11 is 0. The Balaban J connectivity index is 2.03. The van der Waals surface area contributed by atoms with E-state index in [2.05, 4.69) is 19.1 Å². The third-order valence-electron chi connectivity index (χ3n) is 3.58. The smallest absolute Gasteiger partial charge is 0.163 e. The third kappa shape index (κ3) is 2.22. The Morgan fingerprint density at radius 2 is 2.33 bits per heavy atom. The van der Waals surface area contributed by atoms with E-state index in [9.17, 15) is 4.79 Å². The quantitative estimate of drug-likeness (QED) is 0.636. The van der Waals surface area contributed by atoms with Crippen molar-refractivity contribution in [2.45, 2.75) is 51.9 Å². The Labute approximate surface area is 92.3 Å². The highest BCUT2D eigenvalue weighted by Crippen LogP contribution is 2.42. The average molecular weight is 204 g/mol. The summed E-state index contributed by atoms with van der Waals surface area (Å²) in [5.41, 5.74) is 2.53. The lowest BCUT2D eigenvalue weighted by molar-refractivity contribution is -0.115. The molecular formula is C14H20O. The van der Waals surface area contributed by atoms with Crippen molar-refractivity contribution in [2.24, 2.45) is 5.92 Å². The maximum atomic E-state index is 11.7. The molecule has 0 radical (unpaired) electrons. The molecule has 0 spiro atoms. The van der Waals surface area contributed by atoms with Crippen LogP contribution in [0.2, 0.25) is 0 Å². The van der Waals surface area contributed by atoms with Crippen LogP contribution in [0.5, 0.6) is 0 Å². The van der Waals surface area contributed by atoms with Crippen LogP contribution in [0.3, 0.4) is 0 Å². The van der Waals surface area contributed by atoms with Crippen LogP contribution in [-0.4, -0.2) is 5.78 Å². The molecular weight excluding hydrogens is 184 g/mol. The lowest BCUT2D eigenvalue weighted by atomic mass is 10.1. The van der Waals surface area contributed by atoms with Crippen molar-refractivity contribution in [1.29, 1.82) is 0 Å². The largest absolute Gasteiger partial charge is 0.294 e. The molecule has 1 unspecified atom stereocenters. The second kappa shape index (κ2) is 4.78. The fraction of sp³-hybridized carbons (Fsp3) is 0.643. The number of fused-ring (bicyclic) bond motifs is 1. The van der Waals surface area contributed by atoms with Gasteiger partial charge in [-0.05, 0) is 31.6 Å². The van der Waals surface area contributed by atoms with Crippen LogP contribution >= 0.6 is 0 Å². The number of hydrogen-bond donors (Lipinski definition) is 0. The predicted molar refractivity (Wildman–Crippen MR) is 62.7 cm³/mol. The van der Waals surface area contributed by atoms with Crippen molar-refractivity contribution in [3.8, 4) is 0 Å². The Kier molecular flexibility index (Phi) is 3.40. The molecule has 2 aliphatic carbocycles. The molecule has 15 heavy (non-hydrogen) atoms. The van der Waals surface area contributed by atoms with Crippen LogP contribution in [0.15, 0.2) is 23.3 Å². The van der Waals surface area contributed by atoms with E-state index in [1.165, 1.54) is 37.7 Å². The van der Waals surface area contributed by atoms with Crippen molar-refractivity contribution < 1.29 is 4.79 Å². The summed E-state index contributed by atoms with van der Waals surface area (Å²) in [6.07, 6.45) is 12.4. The number of Topliss-reactive ketones (excluding diaryl/α,β-unsaturated/α-hetero) is 1. The molecule has 0 amide bonds. The van der Waals surface area contributed by atoms with Gasteiger partial charge in [0.2, 0.25) is 0 Å². The van der Waals surface area contributed by atoms with Gasteiger partial charge < -0.3 is 0 Å². The van der Waals surface area contributed by atoms with E-state index in [1.54, 1.807) is 0 Å². The third-order valence-corrected chi connectivity index (χ3v) is 3.58. The van der Waals surface area contributed by atoms with Gasteiger partial charge in [-0.2, -0.15) is 0 Å². The first kappa shape index (κ1) is 10.7. The first-order valence-electron chi connectivity index (χ1n) is 6.25. The van der Waals surface area contributed by atoms with E-state index in [0.29, 0.717) is 11.7 Å². The summed E-state index contributed by atoms with van der Waals surface area (Å²) in [5, 5.41) is 0. The molecule has 0 saturated heterocycles. The zero-order valence-electron chi connectivity index (χ0n) is 9.59. The van der Waals surface area contributed by atoms with E-state index in [4.69, 9.17) is 0 Å².